The number of carboxylic acid groups (broad SMARTS) is 1. The molecule has 5 rings (SSSR count). The first-order valence-corrected chi connectivity index (χ1v) is 13.4. The third-order valence-corrected chi connectivity index (χ3v) is 8.02. The second-order valence-electron chi connectivity index (χ2n) is 8.96. The van der Waals surface area contributed by atoms with Gasteiger partial charge in [-0.25, -0.2) is 12.8 Å². The smallest absolute Gasteiger partial charge is 0.307 e. The van der Waals surface area contributed by atoms with Crippen LogP contribution in [0.1, 0.15) is 11.1 Å². The van der Waals surface area contributed by atoms with Crippen LogP contribution in [-0.4, -0.2) is 40.4 Å². The lowest BCUT2D eigenvalue weighted by Gasteiger charge is -2.14. The predicted octanol–water partition coefficient (Wildman–Crippen LogP) is 5.12. The summed E-state index contributed by atoms with van der Waals surface area (Å²) in [5.41, 5.74) is 2.44. The number of benzene rings is 3. The molecule has 0 amide bonds. The Morgan fingerprint density at radius 3 is 2.55 bits per heavy atom. The van der Waals surface area contributed by atoms with Crippen LogP contribution in [0.2, 0.25) is 0 Å². The lowest BCUT2D eigenvalue weighted by molar-refractivity contribution is -0.140. The number of halogens is 1. The van der Waals surface area contributed by atoms with E-state index in [1.54, 1.807) is 24.3 Å². The van der Waals surface area contributed by atoms with Gasteiger partial charge in [0.25, 0.3) is 5.89 Å². The average molecular weight is 532 g/mol. The first-order chi connectivity index (χ1) is 18.2. The fraction of sp³-hybridized carbons (Fsp3) is 0.143. The Morgan fingerprint density at radius 2 is 1.82 bits per heavy atom. The number of rotatable bonds is 8. The Morgan fingerprint density at radius 1 is 1.05 bits per heavy atom. The fourth-order valence-electron chi connectivity index (χ4n) is 4.20. The summed E-state index contributed by atoms with van der Waals surface area (Å²) < 4.78 is 46.7. The van der Waals surface area contributed by atoms with E-state index in [4.69, 9.17) is 4.52 Å². The molecule has 0 fully saturated rings. The number of carbonyl (C=O) groups is 1. The molecule has 3 aromatic carbocycles. The maximum Gasteiger partial charge on any atom is 0.307 e. The Bertz CT molecular complexity index is 1750. The monoisotopic (exact) mass is 531 g/mol. The maximum atomic E-state index is 15.0. The fourth-order valence-corrected chi connectivity index (χ4v) is 5.92. The van der Waals surface area contributed by atoms with Gasteiger partial charge in [0, 0.05) is 17.1 Å². The van der Waals surface area contributed by atoms with Crippen molar-refractivity contribution in [3.63, 3.8) is 0 Å². The Balaban J connectivity index is 1.37. The van der Waals surface area contributed by atoms with E-state index in [2.05, 4.69) is 15.1 Å². The minimum atomic E-state index is -4.01. The molecule has 2 heterocycles. The molecule has 0 aliphatic heterocycles. The maximum absolute atomic E-state index is 15.0. The molecule has 0 bridgehead atoms. The second kappa shape index (κ2) is 10.1. The van der Waals surface area contributed by atoms with Crippen LogP contribution in [-0.2, 0) is 21.1 Å². The molecule has 38 heavy (non-hydrogen) atoms. The SMILES string of the molecule is Cc1ccc(-c2nc(-c3ccc(CC(CS(=O)(=O)c4cccc5cccnc45)C(=O)O)cc3F)no2)cc1. The van der Waals surface area contributed by atoms with Crippen LogP contribution in [0.4, 0.5) is 4.39 Å². The average Bonchev–Trinajstić information content (AvgIpc) is 3.38. The van der Waals surface area contributed by atoms with Crippen molar-refractivity contribution in [2.45, 2.75) is 18.2 Å². The van der Waals surface area contributed by atoms with Crippen molar-refractivity contribution in [3.05, 3.63) is 95.9 Å². The molecule has 0 radical (unpaired) electrons. The van der Waals surface area contributed by atoms with Gasteiger partial charge in [0.15, 0.2) is 9.84 Å². The zero-order valence-electron chi connectivity index (χ0n) is 20.2. The van der Waals surface area contributed by atoms with Crippen molar-refractivity contribution in [3.8, 4) is 22.8 Å². The van der Waals surface area contributed by atoms with Crippen LogP contribution in [0.15, 0.2) is 88.4 Å². The van der Waals surface area contributed by atoms with Crippen LogP contribution in [0.3, 0.4) is 0 Å². The highest BCUT2D eigenvalue weighted by Gasteiger charge is 2.29. The van der Waals surface area contributed by atoms with E-state index in [-0.39, 0.29) is 34.1 Å². The summed E-state index contributed by atoms with van der Waals surface area (Å²) in [5.74, 6) is -3.65. The van der Waals surface area contributed by atoms with Gasteiger partial charge >= 0.3 is 5.97 Å². The minimum Gasteiger partial charge on any atom is -0.481 e. The topological polar surface area (TPSA) is 123 Å². The number of pyridine rings is 1. The molecule has 0 spiro atoms. The van der Waals surface area contributed by atoms with Crippen molar-refractivity contribution in [2.24, 2.45) is 5.92 Å². The summed E-state index contributed by atoms with van der Waals surface area (Å²) in [6.45, 7) is 1.95. The number of aliphatic carboxylic acids is 1. The van der Waals surface area contributed by atoms with E-state index in [9.17, 15) is 18.3 Å². The highest BCUT2D eigenvalue weighted by Crippen LogP contribution is 2.27. The minimum absolute atomic E-state index is 0.0372. The van der Waals surface area contributed by atoms with Gasteiger partial charge in [-0.1, -0.05) is 47.1 Å². The quantitative estimate of drug-likeness (QED) is 0.293. The standard InChI is InChI=1S/C28H22FN3O5S/c1-17-7-10-20(11-8-17)27-31-26(32-37-27)22-12-9-18(15-23(22)29)14-21(28(33)34)16-38(35,36)24-6-2-4-19-5-3-13-30-25(19)24/h2-13,15,21H,14,16H2,1H3,(H,33,34). The number of aryl methyl sites for hydroxylation is 1. The van der Waals surface area contributed by atoms with Gasteiger partial charge in [-0.05, 0) is 55.3 Å². The van der Waals surface area contributed by atoms with Gasteiger partial charge in [-0.15, -0.1) is 0 Å². The Labute approximate surface area is 217 Å². The Kier molecular flexibility index (Phi) is 6.73. The van der Waals surface area contributed by atoms with Crippen LogP contribution in [0, 0.1) is 18.7 Å². The summed E-state index contributed by atoms with van der Waals surface area (Å²) in [6.07, 6.45) is 1.29. The van der Waals surface area contributed by atoms with Crippen LogP contribution < -0.4 is 0 Å². The van der Waals surface area contributed by atoms with Gasteiger partial charge in [-0.2, -0.15) is 4.98 Å². The summed E-state index contributed by atoms with van der Waals surface area (Å²) in [6, 6.07) is 19.7. The van der Waals surface area contributed by atoms with Crippen molar-refractivity contribution in [2.75, 3.05) is 5.75 Å². The molecule has 1 N–H and O–H groups in total. The molecule has 2 aromatic heterocycles. The molecule has 1 atom stereocenters. The van der Waals surface area contributed by atoms with Gasteiger partial charge in [0.2, 0.25) is 5.82 Å². The summed E-state index contributed by atoms with van der Waals surface area (Å²) in [4.78, 5) is 20.4. The number of fused-ring (bicyclic) bond motifs is 1. The van der Waals surface area contributed by atoms with E-state index in [0.29, 0.717) is 16.5 Å². The Hall–Kier alpha value is -4.44. The van der Waals surface area contributed by atoms with Crippen molar-refractivity contribution in [1.29, 1.82) is 0 Å². The second-order valence-corrected chi connectivity index (χ2v) is 11.0. The lowest BCUT2D eigenvalue weighted by atomic mass is 9.99. The zero-order chi connectivity index (χ0) is 26.9. The van der Waals surface area contributed by atoms with Gasteiger partial charge in [-0.3, -0.25) is 9.78 Å². The van der Waals surface area contributed by atoms with E-state index >= 15 is 4.39 Å². The predicted molar refractivity (Wildman–Crippen MR) is 138 cm³/mol. The molecule has 1 unspecified atom stereocenters. The number of hydrogen-bond acceptors (Lipinski definition) is 7. The molecule has 192 valence electrons. The third kappa shape index (κ3) is 5.16. The number of nitrogens with zero attached hydrogens (tertiary/aromatic N) is 3. The molecule has 0 aliphatic carbocycles. The molecule has 0 saturated carbocycles. The van der Waals surface area contributed by atoms with Crippen molar-refractivity contribution in [1.82, 2.24) is 15.1 Å². The summed E-state index contributed by atoms with van der Waals surface area (Å²) in [5, 5.41) is 14.3. The summed E-state index contributed by atoms with van der Waals surface area (Å²) in [7, 11) is -4.01. The molecule has 0 aliphatic rings. The third-order valence-electron chi connectivity index (χ3n) is 6.18. The largest absolute Gasteiger partial charge is 0.481 e. The number of hydrogen-bond donors (Lipinski definition) is 1. The lowest BCUT2D eigenvalue weighted by Crippen LogP contribution is -2.26. The molecule has 5 aromatic rings. The van der Waals surface area contributed by atoms with Crippen LogP contribution in [0.25, 0.3) is 33.7 Å². The highest BCUT2D eigenvalue weighted by atomic mass is 32.2. The first-order valence-electron chi connectivity index (χ1n) is 11.7. The van der Waals surface area contributed by atoms with E-state index in [0.717, 1.165) is 5.56 Å². The number of aromatic nitrogens is 3. The molecule has 8 nitrogen and oxygen atoms in total. The number of para-hydroxylation sites is 1. The number of sulfone groups is 1. The molecular formula is C28H22FN3O5S. The van der Waals surface area contributed by atoms with Gasteiger partial charge < -0.3 is 9.63 Å². The first kappa shape index (κ1) is 25.2. The number of carboxylic acids is 1. The molecule has 10 heteroatoms. The van der Waals surface area contributed by atoms with Crippen molar-refractivity contribution < 1.29 is 27.2 Å². The normalized spacial score (nSPS) is 12.5. The van der Waals surface area contributed by atoms with E-state index in [1.165, 1.54) is 30.5 Å². The van der Waals surface area contributed by atoms with E-state index < -0.39 is 33.3 Å². The van der Waals surface area contributed by atoms with Crippen molar-refractivity contribution >= 4 is 26.7 Å². The highest BCUT2D eigenvalue weighted by molar-refractivity contribution is 7.91. The van der Waals surface area contributed by atoms with Crippen LogP contribution in [0.5, 0.6) is 0 Å². The zero-order valence-corrected chi connectivity index (χ0v) is 21.0. The van der Waals surface area contributed by atoms with Crippen LogP contribution >= 0.6 is 0 Å². The molecule has 0 saturated heterocycles. The summed E-state index contributed by atoms with van der Waals surface area (Å²) >= 11 is 0. The molecular weight excluding hydrogens is 509 g/mol. The van der Waals surface area contributed by atoms with Gasteiger partial charge in [0.05, 0.1) is 27.6 Å². The van der Waals surface area contributed by atoms with E-state index in [1.807, 2.05) is 31.2 Å². The van der Waals surface area contributed by atoms with Gasteiger partial charge in [0.1, 0.15) is 5.82 Å².